The van der Waals surface area contributed by atoms with E-state index < -0.39 is 0 Å². The maximum absolute atomic E-state index is 9.01. The first-order valence-electron chi connectivity index (χ1n) is 11.7. The molecular weight excluding hydrogens is 491 g/mol. The predicted molar refractivity (Wildman–Crippen MR) is 140 cm³/mol. The molecule has 3 heterocycles. The fraction of sp³-hybridized carbons (Fsp3) is 0.520. The van der Waals surface area contributed by atoms with Crippen molar-refractivity contribution in [2.75, 3.05) is 19.7 Å². The predicted octanol–water partition coefficient (Wildman–Crippen LogP) is 5.70. The van der Waals surface area contributed by atoms with Gasteiger partial charge in [0.25, 0.3) is 0 Å². The van der Waals surface area contributed by atoms with Gasteiger partial charge in [0.15, 0.2) is 5.58 Å². The Labute approximate surface area is 217 Å². The van der Waals surface area contributed by atoms with Crippen LogP contribution < -0.4 is 10.5 Å². The first kappa shape index (κ1) is 26.8. The first-order valence-corrected chi connectivity index (χ1v) is 12.5. The molecule has 0 radical (unpaired) electrons. The minimum Gasteiger partial charge on any atom is -0.493 e. The van der Waals surface area contributed by atoms with Gasteiger partial charge in [-0.05, 0) is 87.7 Å². The number of hydrogen-bond acceptors (Lipinski definition) is 7. The number of fused-ring (bicyclic) bond motifs is 1. The highest BCUT2D eigenvalue weighted by Crippen LogP contribution is 2.34. The van der Waals surface area contributed by atoms with E-state index >= 15 is 0 Å². The molecule has 6 nitrogen and oxygen atoms in total. The number of rotatable bonds is 9. The van der Waals surface area contributed by atoms with Crippen LogP contribution in [0.1, 0.15) is 53.1 Å². The van der Waals surface area contributed by atoms with Crippen molar-refractivity contribution < 1.29 is 9.26 Å². The van der Waals surface area contributed by atoms with Crippen LogP contribution in [0.5, 0.6) is 5.75 Å². The third-order valence-corrected chi connectivity index (χ3v) is 7.77. The average molecular weight is 524 g/mol. The summed E-state index contributed by atoms with van der Waals surface area (Å²) in [6.07, 6.45) is 7.01. The van der Waals surface area contributed by atoms with E-state index in [0.717, 1.165) is 71.9 Å². The van der Waals surface area contributed by atoms with Crippen molar-refractivity contribution in [2.24, 2.45) is 17.6 Å². The second-order valence-electron chi connectivity index (χ2n) is 9.14. The quantitative estimate of drug-likeness (QED) is 0.387. The van der Waals surface area contributed by atoms with E-state index in [1.807, 2.05) is 12.1 Å². The van der Waals surface area contributed by atoms with Crippen LogP contribution in [0.15, 0.2) is 28.8 Å². The molecule has 1 aliphatic heterocycles. The molecule has 0 unspecified atom stereocenters. The first-order chi connectivity index (χ1) is 15.7. The summed E-state index contributed by atoms with van der Waals surface area (Å²) in [6, 6.07) is 10.4. The molecule has 3 aromatic rings. The van der Waals surface area contributed by atoms with E-state index in [2.05, 4.69) is 28.3 Å². The molecular formula is C25H32Cl2N4O2S. The van der Waals surface area contributed by atoms with Crippen LogP contribution in [0, 0.1) is 23.2 Å². The minimum atomic E-state index is 0. The smallest absolute Gasteiger partial charge is 0.175 e. The Kier molecular flexibility index (Phi) is 9.64. The highest BCUT2D eigenvalue weighted by Gasteiger charge is 2.24. The van der Waals surface area contributed by atoms with Crippen LogP contribution in [0.25, 0.3) is 11.0 Å². The van der Waals surface area contributed by atoms with Gasteiger partial charge in [-0.25, -0.2) is 0 Å². The second kappa shape index (κ2) is 12.2. The van der Waals surface area contributed by atoms with Crippen LogP contribution in [0.2, 0.25) is 0 Å². The molecule has 2 aromatic heterocycles. The molecule has 2 N–H and O–H groups in total. The summed E-state index contributed by atoms with van der Waals surface area (Å²) in [5, 5.41) is 14.5. The van der Waals surface area contributed by atoms with Gasteiger partial charge >= 0.3 is 0 Å². The van der Waals surface area contributed by atoms with Crippen molar-refractivity contribution in [1.82, 2.24) is 10.1 Å². The number of thiophene rings is 1. The topological polar surface area (TPSA) is 88.3 Å². The van der Waals surface area contributed by atoms with E-state index in [-0.39, 0.29) is 24.8 Å². The number of benzene rings is 1. The number of aryl methyl sites for hydroxylation is 1. The lowest BCUT2D eigenvalue weighted by Crippen LogP contribution is -2.33. The van der Waals surface area contributed by atoms with Crippen LogP contribution in [-0.4, -0.2) is 29.8 Å². The molecule has 0 spiro atoms. The van der Waals surface area contributed by atoms with Gasteiger partial charge in [-0.15, -0.1) is 36.2 Å². The van der Waals surface area contributed by atoms with Gasteiger partial charge in [-0.3, -0.25) is 4.90 Å². The SMILES string of the molecule is Cl.Cl.N#Cc1ccc(CN2CCC(CCc3noc4c(CN)c(OCC5CC5)ccc34)CC2)s1. The summed E-state index contributed by atoms with van der Waals surface area (Å²) in [7, 11) is 0. The van der Waals surface area contributed by atoms with E-state index in [1.165, 1.54) is 30.6 Å². The highest BCUT2D eigenvalue weighted by molar-refractivity contribution is 7.12. The number of ether oxygens (including phenoxy) is 1. The van der Waals surface area contributed by atoms with Crippen molar-refractivity contribution in [3.63, 3.8) is 0 Å². The molecule has 2 aliphatic rings. The Hall–Kier alpha value is -1.82. The Morgan fingerprint density at radius 2 is 1.91 bits per heavy atom. The van der Waals surface area contributed by atoms with Gasteiger partial charge in [0.1, 0.15) is 16.7 Å². The van der Waals surface area contributed by atoms with E-state index in [0.29, 0.717) is 18.4 Å². The molecule has 1 aromatic carbocycles. The maximum Gasteiger partial charge on any atom is 0.175 e. The zero-order valence-corrected chi connectivity index (χ0v) is 21.7. The third kappa shape index (κ3) is 6.24. The molecule has 0 amide bonds. The van der Waals surface area contributed by atoms with Gasteiger partial charge in [-0.1, -0.05) is 5.16 Å². The number of nitrogens with two attached hydrogens (primary N) is 1. The summed E-state index contributed by atoms with van der Waals surface area (Å²) < 4.78 is 11.7. The Bertz CT molecular complexity index is 1110. The number of hydrogen-bond donors (Lipinski definition) is 1. The summed E-state index contributed by atoms with van der Waals surface area (Å²) >= 11 is 1.61. The van der Waals surface area contributed by atoms with Crippen molar-refractivity contribution >= 4 is 47.1 Å². The van der Waals surface area contributed by atoms with Gasteiger partial charge < -0.3 is 15.0 Å². The Morgan fingerprint density at radius 3 is 2.59 bits per heavy atom. The molecule has 184 valence electrons. The Balaban J connectivity index is 0.00000162. The lowest BCUT2D eigenvalue weighted by Gasteiger charge is -2.31. The number of nitriles is 1. The zero-order valence-electron chi connectivity index (χ0n) is 19.2. The molecule has 1 saturated carbocycles. The van der Waals surface area contributed by atoms with Crippen molar-refractivity contribution in [1.29, 1.82) is 5.26 Å². The van der Waals surface area contributed by atoms with Crippen molar-refractivity contribution in [2.45, 2.75) is 51.6 Å². The minimum absolute atomic E-state index is 0. The van der Waals surface area contributed by atoms with Crippen LogP contribution in [0.3, 0.4) is 0 Å². The van der Waals surface area contributed by atoms with Gasteiger partial charge in [-0.2, -0.15) is 5.26 Å². The fourth-order valence-electron chi connectivity index (χ4n) is 4.61. The summed E-state index contributed by atoms with van der Waals surface area (Å²) in [5.74, 6) is 2.26. The van der Waals surface area contributed by atoms with Crippen LogP contribution in [0.4, 0.5) is 0 Å². The van der Waals surface area contributed by atoms with E-state index in [4.69, 9.17) is 20.3 Å². The summed E-state index contributed by atoms with van der Waals surface area (Å²) in [4.78, 5) is 4.59. The largest absolute Gasteiger partial charge is 0.493 e. The third-order valence-electron chi connectivity index (χ3n) is 6.80. The van der Waals surface area contributed by atoms with Gasteiger partial charge in [0.05, 0.1) is 17.9 Å². The van der Waals surface area contributed by atoms with Crippen LogP contribution in [-0.2, 0) is 19.5 Å². The molecule has 5 rings (SSSR count). The lowest BCUT2D eigenvalue weighted by molar-refractivity contribution is 0.173. The standard InChI is InChI=1S/C25H30N4O2S.2ClH/c26-13-19-4-5-20(32-19)15-29-11-9-17(10-12-29)3-7-23-21-6-8-24(30-16-18-1-2-18)22(14-27)25(21)31-28-23;;/h4-6,8,17-18H,1-3,7,9-12,14-16,27H2;2*1H. The number of likely N-dealkylation sites (tertiary alicyclic amines) is 1. The van der Waals surface area contributed by atoms with Gasteiger partial charge in [0, 0.05) is 23.4 Å². The molecule has 0 atom stereocenters. The summed E-state index contributed by atoms with van der Waals surface area (Å²) in [6.45, 7) is 4.35. The number of piperidine rings is 1. The molecule has 2 fully saturated rings. The maximum atomic E-state index is 9.01. The van der Waals surface area contributed by atoms with E-state index in [9.17, 15) is 0 Å². The molecule has 34 heavy (non-hydrogen) atoms. The molecule has 1 aliphatic carbocycles. The normalized spacial score (nSPS) is 16.6. The zero-order chi connectivity index (χ0) is 21.9. The average Bonchev–Trinajstić information content (AvgIpc) is 3.39. The second-order valence-corrected chi connectivity index (χ2v) is 10.3. The molecule has 9 heteroatoms. The highest BCUT2D eigenvalue weighted by atomic mass is 35.5. The fourth-order valence-corrected chi connectivity index (χ4v) is 5.46. The van der Waals surface area contributed by atoms with Gasteiger partial charge in [0.2, 0.25) is 0 Å². The number of nitrogens with zero attached hydrogens (tertiary/aromatic N) is 3. The molecule has 0 bridgehead atoms. The molecule has 1 saturated heterocycles. The van der Waals surface area contributed by atoms with Crippen molar-refractivity contribution in [3.8, 4) is 11.8 Å². The van der Waals surface area contributed by atoms with Crippen LogP contribution >= 0.6 is 36.2 Å². The Morgan fingerprint density at radius 1 is 1.12 bits per heavy atom. The monoisotopic (exact) mass is 522 g/mol. The lowest BCUT2D eigenvalue weighted by atomic mass is 9.91. The van der Waals surface area contributed by atoms with E-state index in [1.54, 1.807) is 11.3 Å². The number of aromatic nitrogens is 1. The summed E-state index contributed by atoms with van der Waals surface area (Å²) in [5.41, 5.74) is 8.79. The number of halogens is 2. The van der Waals surface area contributed by atoms with Crippen molar-refractivity contribution in [3.05, 3.63) is 45.3 Å².